The van der Waals surface area contributed by atoms with E-state index in [9.17, 15) is 9.18 Å². The number of hydrogen-bond donors (Lipinski definition) is 0. The van der Waals surface area contributed by atoms with E-state index in [0.717, 1.165) is 0 Å². The van der Waals surface area contributed by atoms with Crippen LogP contribution in [0.3, 0.4) is 0 Å². The van der Waals surface area contributed by atoms with Gasteiger partial charge in [0.15, 0.2) is 0 Å². The fraction of sp³-hybridized carbons (Fsp3) is 0.188. The molecule has 0 aliphatic heterocycles. The number of halogens is 2. The van der Waals surface area contributed by atoms with E-state index in [0.29, 0.717) is 23.9 Å². The Balaban J connectivity index is 1.89. The molecule has 0 saturated heterocycles. The largest absolute Gasteiger partial charge is 0.492 e. The first-order valence-corrected chi connectivity index (χ1v) is 6.84. The Morgan fingerprint density at radius 2 is 2.00 bits per heavy atom. The van der Waals surface area contributed by atoms with Crippen LogP contribution in [0.1, 0.15) is 10.4 Å². The summed E-state index contributed by atoms with van der Waals surface area (Å²) >= 11 is 5.85. The molecule has 0 N–H and O–H groups in total. The first-order chi connectivity index (χ1) is 10.1. The van der Waals surface area contributed by atoms with Gasteiger partial charge in [0.1, 0.15) is 18.2 Å². The molecule has 2 rings (SSSR count). The van der Waals surface area contributed by atoms with Crippen molar-refractivity contribution in [3.05, 3.63) is 64.9 Å². The highest BCUT2D eigenvalue weighted by Gasteiger charge is 2.15. The third kappa shape index (κ3) is 4.20. The molecule has 0 saturated carbocycles. The first kappa shape index (κ1) is 15.3. The molecule has 0 radical (unpaired) electrons. The molecule has 0 fully saturated rings. The van der Waals surface area contributed by atoms with Crippen molar-refractivity contribution in [2.45, 2.75) is 0 Å². The Labute approximate surface area is 127 Å². The lowest BCUT2D eigenvalue weighted by atomic mass is 10.2. The smallest absolute Gasteiger partial charge is 0.256 e. The quantitative estimate of drug-likeness (QED) is 0.844. The number of carbonyl (C=O) groups is 1. The SMILES string of the molecule is CN(CCOc1cccc(Cl)c1)C(=O)c1ccccc1F. The van der Waals surface area contributed by atoms with Crippen LogP contribution in [-0.2, 0) is 0 Å². The van der Waals surface area contributed by atoms with Gasteiger partial charge in [0.05, 0.1) is 12.1 Å². The number of rotatable bonds is 5. The van der Waals surface area contributed by atoms with Crippen LogP contribution < -0.4 is 4.74 Å². The molecular formula is C16H15ClFNO2. The van der Waals surface area contributed by atoms with Gasteiger partial charge in [-0.2, -0.15) is 0 Å². The van der Waals surface area contributed by atoms with E-state index in [1.807, 2.05) is 0 Å². The Hall–Kier alpha value is -2.07. The summed E-state index contributed by atoms with van der Waals surface area (Å²) in [7, 11) is 1.61. The minimum absolute atomic E-state index is 0.0581. The Kier molecular flexibility index (Phi) is 5.17. The van der Waals surface area contributed by atoms with E-state index < -0.39 is 5.82 Å². The van der Waals surface area contributed by atoms with E-state index in [2.05, 4.69) is 0 Å². The van der Waals surface area contributed by atoms with Gasteiger partial charge in [-0.25, -0.2) is 4.39 Å². The van der Waals surface area contributed by atoms with Crippen molar-refractivity contribution < 1.29 is 13.9 Å². The van der Waals surface area contributed by atoms with E-state index in [1.54, 1.807) is 43.4 Å². The normalized spacial score (nSPS) is 10.2. The van der Waals surface area contributed by atoms with Crippen molar-refractivity contribution in [2.75, 3.05) is 20.2 Å². The van der Waals surface area contributed by atoms with E-state index >= 15 is 0 Å². The molecule has 3 nitrogen and oxygen atoms in total. The average molecular weight is 308 g/mol. The zero-order valence-electron chi connectivity index (χ0n) is 11.6. The van der Waals surface area contributed by atoms with Crippen LogP contribution >= 0.6 is 11.6 Å². The van der Waals surface area contributed by atoms with E-state index in [4.69, 9.17) is 16.3 Å². The van der Waals surface area contributed by atoms with Crippen LogP contribution in [0.2, 0.25) is 5.02 Å². The van der Waals surface area contributed by atoms with Crippen LogP contribution in [0.25, 0.3) is 0 Å². The van der Waals surface area contributed by atoms with Gasteiger partial charge in [-0.05, 0) is 30.3 Å². The molecule has 2 aromatic carbocycles. The van der Waals surface area contributed by atoms with Crippen LogP contribution in [0.4, 0.5) is 4.39 Å². The second-order valence-corrected chi connectivity index (χ2v) is 4.95. The van der Waals surface area contributed by atoms with Crippen molar-refractivity contribution >= 4 is 17.5 Å². The summed E-state index contributed by atoms with van der Waals surface area (Å²) in [5.41, 5.74) is 0.0581. The summed E-state index contributed by atoms with van der Waals surface area (Å²) in [5, 5.41) is 0.586. The molecular weight excluding hydrogens is 293 g/mol. The maximum Gasteiger partial charge on any atom is 0.256 e. The van der Waals surface area contributed by atoms with Crippen molar-refractivity contribution in [2.24, 2.45) is 0 Å². The monoisotopic (exact) mass is 307 g/mol. The third-order valence-electron chi connectivity index (χ3n) is 2.94. The summed E-state index contributed by atoms with van der Waals surface area (Å²) < 4.78 is 19.0. The summed E-state index contributed by atoms with van der Waals surface area (Å²) in [6.45, 7) is 0.650. The lowest BCUT2D eigenvalue weighted by Gasteiger charge is -2.18. The van der Waals surface area contributed by atoms with Crippen molar-refractivity contribution in [1.82, 2.24) is 4.90 Å². The Morgan fingerprint density at radius 3 is 2.71 bits per heavy atom. The summed E-state index contributed by atoms with van der Waals surface area (Å²) in [4.78, 5) is 13.5. The molecule has 0 heterocycles. The third-order valence-corrected chi connectivity index (χ3v) is 3.18. The summed E-state index contributed by atoms with van der Waals surface area (Å²) in [6.07, 6.45) is 0. The average Bonchev–Trinajstić information content (AvgIpc) is 2.47. The van der Waals surface area contributed by atoms with Crippen LogP contribution in [-0.4, -0.2) is 31.0 Å². The fourth-order valence-electron chi connectivity index (χ4n) is 1.80. The van der Waals surface area contributed by atoms with E-state index in [1.165, 1.54) is 17.0 Å². The molecule has 0 unspecified atom stereocenters. The van der Waals surface area contributed by atoms with Gasteiger partial charge in [0.2, 0.25) is 0 Å². The highest BCUT2D eigenvalue weighted by atomic mass is 35.5. The summed E-state index contributed by atoms with van der Waals surface area (Å²) in [5.74, 6) is -0.262. The van der Waals surface area contributed by atoms with Gasteiger partial charge in [0, 0.05) is 12.1 Å². The molecule has 0 atom stereocenters. The van der Waals surface area contributed by atoms with Crippen molar-refractivity contribution in [3.8, 4) is 5.75 Å². The minimum atomic E-state index is -0.523. The number of hydrogen-bond acceptors (Lipinski definition) is 2. The highest BCUT2D eigenvalue weighted by Crippen LogP contribution is 2.17. The number of carbonyl (C=O) groups excluding carboxylic acids is 1. The Morgan fingerprint density at radius 1 is 1.24 bits per heavy atom. The van der Waals surface area contributed by atoms with Crippen molar-refractivity contribution in [3.63, 3.8) is 0 Å². The second-order valence-electron chi connectivity index (χ2n) is 4.51. The standard InChI is InChI=1S/C16H15ClFNO2/c1-19(16(20)14-7-2-3-8-15(14)18)9-10-21-13-6-4-5-12(17)11-13/h2-8,11H,9-10H2,1H3. The maximum absolute atomic E-state index is 13.5. The van der Waals surface area contributed by atoms with Gasteiger partial charge in [0.25, 0.3) is 5.91 Å². The van der Waals surface area contributed by atoms with Crippen LogP contribution in [0, 0.1) is 5.82 Å². The molecule has 0 bridgehead atoms. The molecule has 5 heteroatoms. The van der Waals surface area contributed by atoms with Gasteiger partial charge in [-0.15, -0.1) is 0 Å². The van der Waals surface area contributed by atoms with E-state index in [-0.39, 0.29) is 11.5 Å². The molecule has 0 aliphatic rings. The minimum Gasteiger partial charge on any atom is -0.492 e. The zero-order chi connectivity index (χ0) is 15.2. The van der Waals surface area contributed by atoms with Crippen molar-refractivity contribution in [1.29, 1.82) is 0 Å². The molecule has 2 aromatic rings. The van der Waals surface area contributed by atoms with Crippen LogP contribution in [0.15, 0.2) is 48.5 Å². The molecule has 21 heavy (non-hydrogen) atoms. The Bertz CT molecular complexity index is 633. The zero-order valence-corrected chi connectivity index (χ0v) is 12.3. The maximum atomic E-state index is 13.5. The number of nitrogens with zero attached hydrogens (tertiary/aromatic N) is 1. The molecule has 0 spiro atoms. The predicted molar refractivity (Wildman–Crippen MR) is 80.3 cm³/mol. The number of amides is 1. The van der Waals surface area contributed by atoms with Gasteiger partial charge >= 0.3 is 0 Å². The number of ether oxygens (including phenoxy) is 1. The molecule has 1 amide bonds. The lowest BCUT2D eigenvalue weighted by Crippen LogP contribution is -2.31. The number of likely N-dealkylation sites (N-methyl/N-ethyl adjacent to an activating group) is 1. The van der Waals surface area contributed by atoms with Gasteiger partial charge in [-0.1, -0.05) is 29.8 Å². The second kappa shape index (κ2) is 7.09. The van der Waals surface area contributed by atoms with Gasteiger partial charge < -0.3 is 9.64 Å². The topological polar surface area (TPSA) is 29.5 Å². The molecule has 110 valence electrons. The first-order valence-electron chi connectivity index (χ1n) is 6.46. The predicted octanol–water partition coefficient (Wildman–Crippen LogP) is 3.63. The lowest BCUT2D eigenvalue weighted by molar-refractivity contribution is 0.0769. The van der Waals surface area contributed by atoms with Crippen LogP contribution in [0.5, 0.6) is 5.75 Å². The summed E-state index contributed by atoms with van der Waals surface area (Å²) in [6, 6.07) is 12.9. The fourth-order valence-corrected chi connectivity index (χ4v) is 1.98. The molecule has 0 aliphatic carbocycles. The molecule has 0 aromatic heterocycles. The van der Waals surface area contributed by atoms with Gasteiger partial charge in [-0.3, -0.25) is 4.79 Å². The number of benzene rings is 2. The highest BCUT2D eigenvalue weighted by molar-refractivity contribution is 6.30.